The van der Waals surface area contributed by atoms with Crippen molar-refractivity contribution in [2.45, 2.75) is 20.4 Å². The Morgan fingerprint density at radius 2 is 1.86 bits per heavy atom. The second-order valence-corrected chi connectivity index (χ2v) is 3.30. The number of para-hydroxylation sites is 1. The van der Waals surface area contributed by atoms with E-state index < -0.39 is 0 Å². The third kappa shape index (κ3) is 1.90. The lowest BCUT2D eigenvalue weighted by Crippen LogP contribution is -2.32. The molecular formula is C12H15IN+. The summed E-state index contributed by atoms with van der Waals surface area (Å²) >= 11 is 0. The molecule has 0 aliphatic heterocycles. The average Bonchev–Trinajstić information content (AvgIpc) is 2.19. The van der Waals surface area contributed by atoms with Crippen LogP contribution in [0.5, 0.6) is 0 Å². The third-order valence-corrected chi connectivity index (χ3v) is 2.48. The van der Waals surface area contributed by atoms with E-state index in [4.69, 9.17) is 0 Å². The fourth-order valence-corrected chi connectivity index (χ4v) is 1.71. The number of benzene rings is 1. The normalized spacial score (nSPS) is 9.86. The SMILES string of the molecule is CC[n+]1ccc(C)c2ccccc21.I. The monoisotopic (exact) mass is 300 g/mol. The molecule has 2 aromatic rings. The van der Waals surface area contributed by atoms with E-state index in [0.717, 1.165) is 6.54 Å². The van der Waals surface area contributed by atoms with Crippen molar-refractivity contribution in [2.24, 2.45) is 0 Å². The van der Waals surface area contributed by atoms with Gasteiger partial charge < -0.3 is 0 Å². The molecule has 2 rings (SSSR count). The first kappa shape index (κ1) is 11.4. The number of fused-ring (bicyclic) bond motifs is 1. The number of aryl methyl sites for hydroxylation is 2. The van der Waals surface area contributed by atoms with Crippen LogP contribution < -0.4 is 4.57 Å². The van der Waals surface area contributed by atoms with Gasteiger partial charge >= 0.3 is 0 Å². The van der Waals surface area contributed by atoms with Crippen LogP contribution in [0.3, 0.4) is 0 Å². The van der Waals surface area contributed by atoms with E-state index in [-0.39, 0.29) is 24.0 Å². The van der Waals surface area contributed by atoms with Gasteiger partial charge in [-0.2, -0.15) is 4.57 Å². The van der Waals surface area contributed by atoms with Gasteiger partial charge in [-0.3, -0.25) is 0 Å². The Balaban J connectivity index is 0.000000980. The molecule has 14 heavy (non-hydrogen) atoms. The van der Waals surface area contributed by atoms with Gasteiger partial charge in [0.15, 0.2) is 6.20 Å². The lowest BCUT2D eigenvalue weighted by molar-refractivity contribution is -0.667. The molecule has 2 heteroatoms. The van der Waals surface area contributed by atoms with E-state index in [1.54, 1.807) is 0 Å². The summed E-state index contributed by atoms with van der Waals surface area (Å²) in [5.74, 6) is 0. The van der Waals surface area contributed by atoms with Crippen LogP contribution in [0, 0.1) is 6.92 Å². The minimum absolute atomic E-state index is 0. The lowest BCUT2D eigenvalue weighted by Gasteiger charge is -2.00. The topological polar surface area (TPSA) is 3.88 Å². The van der Waals surface area contributed by atoms with Gasteiger partial charge in [0, 0.05) is 17.5 Å². The van der Waals surface area contributed by atoms with Crippen LogP contribution in [0.25, 0.3) is 10.9 Å². The Labute approximate surface area is 102 Å². The van der Waals surface area contributed by atoms with Crippen molar-refractivity contribution in [3.8, 4) is 0 Å². The van der Waals surface area contributed by atoms with Crippen LogP contribution in [0.4, 0.5) is 0 Å². The minimum Gasteiger partial charge on any atom is -0.199 e. The van der Waals surface area contributed by atoms with Crippen molar-refractivity contribution in [3.63, 3.8) is 0 Å². The van der Waals surface area contributed by atoms with E-state index in [0.29, 0.717) is 0 Å². The number of aromatic nitrogens is 1. The minimum atomic E-state index is 0. The summed E-state index contributed by atoms with van der Waals surface area (Å²) in [6.07, 6.45) is 2.15. The number of halogens is 1. The number of hydrogen-bond donors (Lipinski definition) is 0. The molecule has 0 amide bonds. The first-order valence-electron chi connectivity index (χ1n) is 4.70. The maximum atomic E-state index is 2.27. The molecule has 0 aliphatic carbocycles. The summed E-state index contributed by atoms with van der Waals surface area (Å²) in [6, 6.07) is 10.7. The number of nitrogens with zero attached hydrogens (tertiary/aromatic N) is 1. The third-order valence-electron chi connectivity index (χ3n) is 2.48. The van der Waals surface area contributed by atoms with Gasteiger partial charge in [-0.15, -0.1) is 24.0 Å². The summed E-state index contributed by atoms with van der Waals surface area (Å²) < 4.78 is 2.27. The predicted molar refractivity (Wildman–Crippen MR) is 70.0 cm³/mol. The standard InChI is InChI=1S/C12H14N.HI/c1-3-13-9-8-10(2)11-6-4-5-7-12(11)13;/h4-9H,3H2,1-2H3;1H/q+1;. The number of rotatable bonds is 1. The summed E-state index contributed by atoms with van der Waals surface area (Å²) in [4.78, 5) is 0. The van der Waals surface area contributed by atoms with Crippen molar-refractivity contribution in [2.75, 3.05) is 0 Å². The van der Waals surface area contributed by atoms with E-state index in [9.17, 15) is 0 Å². The lowest BCUT2D eigenvalue weighted by atomic mass is 10.1. The zero-order valence-corrected chi connectivity index (χ0v) is 10.9. The van der Waals surface area contributed by atoms with Gasteiger partial charge in [0.25, 0.3) is 0 Å². The quantitative estimate of drug-likeness (QED) is 0.563. The maximum Gasteiger partial charge on any atom is 0.212 e. The van der Waals surface area contributed by atoms with Crippen molar-refractivity contribution in [1.29, 1.82) is 0 Å². The number of pyridine rings is 1. The van der Waals surface area contributed by atoms with Crippen LogP contribution in [0.15, 0.2) is 36.5 Å². The molecule has 0 saturated heterocycles. The molecule has 0 aliphatic rings. The van der Waals surface area contributed by atoms with Crippen molar-refractivity contribution in [3.05, 3.63) is 42.1 Å². The van der Waals surface area contributed by atoms with Gasteiger partial charge in [0.1, 0.15) is 6.54 Å². The first-order chi connectivity index (χ1) is 6.33. The first-order valence-corrected chi connectivity index (χ1v) is 4.70. The van der Waals surface area contributed by atoms with Gasteiger partial charge in [0.05, 0.1) is 0 Å². The van der Waals surface area contributed by atoms with Crippen LogP contribution >= 0.6 is 24.0 Å². The van der Waals surface area contributed by atoms with E-state index >= 15 is 0 Å². The zero-order chi connectivity index (χ0) is 9.26. The molecule has 1 nitrogen and oxygen atoms in total. The predicted octanol–water partition coefficient (Wildman–Crippen LogP) is 3.07. The molecule has 0 atom stereocenters. The van der Waals surface area contributed by atoms with Crippen LogP contribution in [-0.2, 0) is 6.54 Å². The largest absolute Gasteiger partial charge is 0.212 e. The second kappa shape index (κ2) is 4.73. The van der Waals surface area contributed by atoms with Crippen molar-refractivity contribution >= 4 is 34.9 Å². The van der Waals surface area contributed by atoms with Gasteiger partial charge in [-0.1, -0.05) is 12.1 Å². The molecule has 0 fully saturated rings. The van der Waals surface area contributed by atoms with Crippen LogP contribution in [0.2, 0.25) is 0 Å². The van der Waals surface area contributed by atoms with Gasteiger partial charge in [0.2, 0.25) is 5.52 Å². The maximum absolute atomic E-state index is 2.27. The summed E-state index contributed by atoms with van der Waals surface area (Å²) in [7, 11) is 0. The molecule has 1 aromatic carbocycles. The van der Waals surface area contributed by atoms with Crippen LogP contribution in [0.1, 0.15) is 12.5 Å². The smallest absolute Gasteiger partial charge is 0.199 e. The fourth-order valence-electron chi connectivity index (χ4n) is 1.71. The van der Waals surface area contributed by atoms with E-state index in [2.05, 4.69) is 54.9 Å². The molecule has 0 N–H and O–H groups in total. The Kier molecular flexibility index (Phi) is 3.86. The Bertz CT molecular complexity index is 437. The average molecular weight is 300 g/mol. The molecule has 0 bridgehead atoms. The van der Waals surface area contributed by atoms with Crippen molar-refractivity contribution in [1.82, 2.24) is 0 Å². The zero-order valence-electron chi connectivity index (χ0n) is 8.53. The molecule has 1 heterocycles. The summed E-state index contributed by atoms with van der Waals surface area (Å²) in [5.41, 5.74) is 2.67. The molecule has 0 unspecified atom stereocenters. The molecule has 0 saturated carbocycles. The highest BCUT2D eigenvalue weighted by Crippen LogP contribution is 2.13. The highest BCUT2D eigenvalue weighted by molar-refractivity contribution is 14.0. The summed E-state index contributed by atoms with van der Waals surface area (Å²) in [6.45, 7) is 5.35. The van der Waals surface area contributed by atoms with E-state index in [1.165, 1.54) is 16.5 Å². The highest BCUT2D eigenvalue weighted by atomic mass is 127. The second-order valence-electron chi connectivity index (χ2n) is 3.30. The van der Waals surface area contributed by atoms with Crippen LogP contribution in [-0.4, -0.2) is 0 Å². The highest BCUT2D eigenvalue weighted by Gasteiger charge is 2.06. The molecule has 0 spiro atoms. The van der Waals surface area contributed by atoms with Gasteiger partial charge in [-0.25, -0.2) is 0 Å². The van der Waals surface area contributed by atoms with Gasteiger partial charge in [-0.05, 0) is 25.5 Å². The van der Waals surface area contributed by atoms with Crippen molar-refractivity contribution < 1.29 is 4.57 Å². The molecule has 74 valence electrons. The molecule has 0 radical (unpaired) electrons. The Morgan fingerprint density at radius 3 is 2.57 bits per heavy atom. The Morgan fingerprint density at radius 1 is 1.14 bits per heavy atom. The summed E-state index contributed by atoms with van der Waals surface area (Å²) in [5, 5.41) is 1.35. The Hall–Kier alpha value is -0.640. The fraction of sp³-hybridized carbons (Fsp3) is 0.250. The molecule has 1 aromatic heterocycles. The molecular weight excluding hydrogens is 285 g/mol. The van der Waals surface area contributed by atoms with E-state index in [1.807, 2.05) is 0 Å². The number of hydrogen-bond acceptors (Lipinski definition) is 0.